The van der Waals surface area contributed by atoms with Crippen LogP contribution in [0.5, 0.6) is 0 Å². The van der Waals surface area contributed by atoms with E-state index in [1.54, 1.807) is 7.11 Å². The third kappa shape index (κ3) is 6.07. The highest BCUT2D eigenvalue weighted by atomic mass is 16.5. The second-order valence-electron chi connectivity index (χ2n) is 2.91. The molecule has 0 saturated carbocycles. The first kappa shape index (κ1) is 10.7. The van der Waals surface area contributed by atoms with Gasteiger partial charge in [0.25, 0.3) is 0 Å². The molecule has 2 nitrogen and oxygen atoms in total. The lowest BCUT2D eigenvalue weighted by Crippen LogP contribution is -2.21. The van der Waals surface area contributed by atoms with E-state index in [4.69, 9.17) is 10.5 Å². The Kier molecular flexibility index (Phi) is 6.18. The predicted octanol–water partition coefficient (Wildman–Crippen LogP) is 1.70. The molecule has 0 aliphatic heterocycles. The van der Waals surface area contributed by atoms with Gasteiger partial charge in [0.2, 0.25) is 0 Å². The Labute approximate surface area is 69.4 Å². The number of ether oxygens (including phenoxy) is 1. The molecular formula is C9H19NO. The summed E-state index contributed by atoms with van der Waals surface area (Å²) < 4.78 is 5.10. The van der Waals surface area contributed by atoms with E-state index in [1.807, 2.05) is 6.08 Å². The summed E-state index contributed by atoms with van der Waals surface area (Å²) in [4.78, 5) is 0. The number of methoxy groups -OCH3 is 1. The molecule has 0 aliphatic carbocycles. The zero-order valence-electron chi connectivity index (χ0n) is 7.55. The van der Waals surface area contributed by atoms with Crippen LogP contribution in [0, 0.1) is 0 Å². The summed E-state index contributed by atoms with van der Waals surface area (Å²) in [6, 6.07) is 0.255. The van der Waals surface area contributed by atoms with Crippen molar-refractivity contribution in [3.05, 3.63) is 12.7 Å². The van der Waals surface area contributed by atoms with Crippen LogP contribution >= 0.6 is 0 Å². The van der Waals surface area contributed by atoms with Crippen molar-refractivity contribution in [3.8, 4) is 0 Å². The fourth-order valence-corrected chi connectivity index (χ4v) is 0.899. The number of hydrogen-bond donors (Lipinski definition) is 1. The smallest absolute Gasteiger partial charge is 0.0543 e. The van der Waals surface area contributed by atoms with Crippen molar-refractivity contribution in [1.29, 1.82) is 0 Å². The maximum Gasteiger partial charge on any atom is 0.0543 e. The molecule has 2 unspecified atom stereocenters. The molecule has 0 heterocycles. The first-order chi connectivity index (χ1) is 5.20. The molecule has 0 saturated heterocycles. The molecule has 0 fully saturated rings. The van der Waals surface area contributed by atoms with E-state index in [9.17, 15) is 0 Å². The molecule has 2 heteroatoms. The Bertz CT molecular complexity index is 104. The topological polar surface area (TPSA) is 35.2 Å². The van der Waals surface area contributed by atoms with Gasteiger partial charge < -0.3 is 10.5 Å². The van der Waals surface area contributed by atoms with Crippen LogP contribution in [-0.4, -0.2) is 19.3 Å². The van der Waals surface area contributed by atoms with Gasteiger partial charge in [-0.15, -0.1) is 6.58 Å². The molecule has 0 aliphatic rings. The number of nitrogens with two attached hydrogens (primary N) is 1. The molecule has 0 rings (SSSR count). The van der Waals surface area contributed by atoms with Crippen LogP contribution in [0.2, 0.25) is 0 Å². The minimum absolute atomic E-state index is 0.255. The molecule has 0 amide bonds. The van der Waals surface area contributed by atoms with Crippen LogP contribution in [0.4, 0.5) is 0 Å². The lowest BCUT2D eigenvalue weighted by atomic mass is 10.1. The highest BCUT2D eigenvalue weighted by molar-refractivity contribution is 4.75. The predicted molar refractivity (Wildman–Crippen MR) is 48.5 cm³/mol. The van der Waals surface area contributed by atoms with Crippen LogP contribution in [-0.2, 0) is 4.74 Å². The molecule has 66 valence electrons. The van der Waals surface area contributed by atoms with Crippen molar-refractivity contribution in [3.63, 3.8) is 0 Å². The lowest BCUT2D eigenvalue weighted by molar-refractivity contribution is 0.107. The summed E-state index contributed by atoms with van der Waals surface area (Å²) in [6.45, 7) is 5.69. The first-order valence-electron chi connectivity index (χ1n) is 4.10. The van der Waals surface area contributed by atoms with Gasteiger partial charge in [0.15, 0.2) is 0 Å². The molecule has 0 aromatic carbocycles. The van der Waals surface area contributed by atoms with Gasteiger partial charge in [-0.3, -0.25) is 0 Å². The molecule has 0 radical (unpaired) electrons. The monoisotopic (exact) mass is 157 g/mol. The molecule has 0 aromatic heterocycles. The maximum absolute atomic E-state index is 5.76. The zero-order valence-corrected chi connectivity index (χ0v) is 7.55. The van der Waals surface area contributed by atoms with Gasteiger partial charge in [-0.05, 0) is 26.2 Å². The Morgan fingerprint density at radius 1 is 1.55 bits per heavy atom. The van der Waals surface area contributed by atoms with E-state index in [0.717, 1.165) is 19.3 Å². The summed E-state index contributed by atoms with van der Waals surface area (Å²) in [5.41, 5.74) is 5.76. The van der Waals surface area contributed by atoms with E-state index < -0.39 is 0 Å². The van der Waals surface area contributed by atoms with Crippen molar-refractivity contribution in [2.45, 2.75) is 38.3 Å². The Hall–Kier alpha value is -0.340. The first-order valence-corrected chi connectivity index (χ1v) is 4.10. The summed E-state index contributed by atoms with van der Waals surface area (Å²) >= 11 is 0. The summed E-state index contributed by atoms with van der Waals surface area (Å²) in [6.07, 6.45) is 5.14. The van der Waals surface area contributed by atoms with E-state index in [1.165, 1.54) is 0 Å². The van der Waals surface area contributed by atoms with Crippen LogP contribution < -0.4 is 5.73 Å². The normalized spacial score (nSPS) is 15.9. The quantitative estimate of drug-likeness (QED) is 0.596. The Balaban J connectivity index is 3.29. The molecule has 0 spiro atoms. The van der Waals surface area contributed by atoms with E-state index in [2.05, 4.69) is 13.5 Å². The van der Waals surface area contributed by atoms with Crippen LogP contribution in [0.3, 0.4) is 0 Å². The maximum atomic E-state index is 5.76. The van der Waals surface area contributed by atoms with E-state index in [0.29, 0.717) is 6.10 Å². The van der Waals surface area contributed by atoms with Crippen LogP contribution in [0.25, 0.3) is 0 Å². The third-order valence-electron chi connectivity index (χ3n) is 1.82. The van der Waals surface area contributed by atoms with Crippen molar-refractivity contribution in [2.24, 2.45) is 5.73 Å². The van der Waals surface area contributed by atoms with Crippen molar-refractivity contribution < 1.29 is 4.74 Å². The van der Waals surface area contributed by atoms with Gasteiger partial charge in [-0.2, -0.15) is 0 Å². The van der Waals surface area contributed by atoms with Crippen molar-refractivity contribution in [1.82, 2.24) is 0 Å². The fraction of sp³-hybridized carbons (Fsp3) is 0.778. The molecule has 0 aromatic rings. The molecule has 0 bridgehead atoms. The van der Waals surface area contributed by atoms with Crippen LogP contribution in [0.1, 0.15) is 26.2 Å². The fourth-order valence-electron chi connectivity index (χ4n) is 0.899. The van der Waals surface area contributed by atoms with Crippen molar-refractivity contribution in [2.75, 3.05) is 7.11 Å². The minimum Gasteiger partial charge on any atom is -0.382 e. The van der Waals surface area contributed by atoms with E-state index in [-0.39, 0.29) is 6.04 Å². The largest absolute Gasteiger partial charge is 0.382 e. The van der Waals surface area contributed by atoms with Gasteiger partial charge in [0, 0.05) is 13.2 Å². The summed E-state index contributed by atoms with van der Waals surface area (Å²) in [5, 5.41) is 0. The Morgan fingerprint density at radius 3 is 2.64 bits per heavy atom. The summed E-state index contributed by atoms with van der Waals surface area (Å²) in [7, 11) is 1.73. The van der Waals surface area contributed by atoms with E-state index >= 15 is 0 Å². The molecular weight excluding hydrogens is 138 g/mol. The Morgan fingerprint density at radius 2 is 2.18 bits per heavy atom. The van der Waals surface area contributed by atoms with Crippen LogP contribution in [0.15, 0.2) is 12.7 Å². The summed E-state index contributed by atoms with van der Waals surface area (Å²) in [5.74, 6) is 0. The second-order valence-corrected chi connectivity index (χ2v) is 2.91. The lowest BCUT2D eigenvalue weighted by Gasteiger charge is -2.12. The molecule has 2 N–H and O–H groups in total. The SMILES string of the molecule is C=CCC(N)CCC(C)OC. The van der Waals surface area contributed by atoms with Gasteiger partial charge in [-0.1, -0.05) is 6.08 Å². The number of hydrogen-bond acceptors (Lipinski definition) is 2. The zero-order chi connectivity index (χ0) is 8.69. The highest BCUT2D eigenvalue weighted by Gasteiger charge is 2.03. The average Bonchev–Trinajstić information content (AvgIpc) is 2.01. The van der Waals surface area contributed by atoms with Gasteiger partial charge in [0.1, 0.15) is 0 Å². The highest BCUT2D eigenvalue weighted by Crippen LogP contribution is 2.04. The van der Waals surface area contributed by atoms with Crippen molar-refractivity contribution >= 4 is 0 Å². The third-order valence-corrected chi connectivity index (χ3v) is 1.82. The second kappa shape index (κ2) is 6.38. The van der Waals surface area contributed by atoms with Gasteiger partial charge in [-0.25, -0.2) is 0 Å². The molecule has 11 heavy (non-hydrogen) atoms. The number of rotatable bonds is 6. The minimum atomic E-state index is 0.255. The molecule has 2 atom stereocenters. The van der Waals surface area contributed by atoms with Gasteiger partial charge in [0.05, 0.1) is 6.10 Å². The average molecular weight is 157 g/mol. The standard InChI is InChI=1S/C9H19NO/c1-4-5-9(10)7-6-8(2)11-3/h4,8-9H,1,5-7,10H2,2-3H3. The van der Waals surface area contributed by atoms with Gasteiger partial charge >= 0.3 is 0 Å².